The van der Waals surface area contributed by atoms with Crippen LogP contribution in [0.5, 0.6) is 5.75 Å². The number of aryl methyl sites for hydroxylation is 1. The van der Waals surface area contributed by atoms with Gasteiger partial charge in [-0.25, -0.2) is 0 Å². The van der Waals surface area contributed by atoms with Crippen molar-refractivity contribution >= 4 is 29.1 Å². The van der Waals surface area contributed by atoms with Gasteiger partial charge in [0.05, 0.1) is 12.8 Å². The molecule has 0 unspecified atom stereocenters. The van der Waals surface area contributed by atoms with Gasteiger partial charge in [0.1, 0.15) is 11.2 Å². The van der Waals surface area contributed by atoms with Crippen LogP contribution in [-0.2, 0) is 9.59 Å². The Labute approximate surface area is 148 Å². The Balaban J connectivity index is 2.12. The van der Waals surface area contributed by atoms with E-state index in [0.717, 1.165) is 31.2 Å². The highest BCUT2D eigenvalue weighted by Crippen LogP contribution is 2.32. The van der Waals surface area contributed by atoms with Crippen LogP contribution >= 0.6 is 11.6 Å². The van der Waals surface area contributed by atoms with Crippen LogP contribution in [0, 0.1) is 12.3 Å². The third-order valence-electron chi connectivity index (χ3n) is 4.55. The molecule has 0 aliphatic heterocycles. The van der Waals surface area contributed by atoms with E-state index in [-0.39, 0.29) is 17.9 Å². The van der Waals surface area contributed by atoms with Crippen LogP contribution in [0.15, 0.2) is 12.1 Å². The van der Waals surface area contributed by atoms with Crippen LogP contribution in [0.2, 0.25) is 5.02 Å². The van der Waals surface area contributed by atoms with E-state index in [1.165, 1.54) is 7.11 Å². The molecule has 0 bridgehead atoms. The van der Waals surface area contributed by atoms with E-state index < -0.39 is 5.41 Å². The topological polar surface area (TPSA) is 67.4 Å². The first-order valence-corrected chi connectivity index (χ1v) is 8.60. The quantitative estimate of drug-likeness (QED) is 0.794. The van der Waals surface area contributed by atoms with Crippen LogP contribution in [0.25, 0.3) is 0 Å². The predicted molar refractivity (Wildman–Crippen MR) is 95.6 cm³/mol. The molecule has 5 nitrogen and oxygen atoms in total. The molecule has 1 aromatic rings. The number of methoxy groups -OCH3 is 1. The average Bonchev–Trinajstić information content (AvgIpc) is 3.03. The lowest BCUT2D eigenvalue weighted by Gasteiger charge is -2.25. The van der Waals surface area contributed by atoms with E-state index in [1.54, 1.807) is 26.0 Å². The van der Waals surface area contributed by atoms with Crippen LogP contribution in [-0.4, -0.2) is 25.0 Å². The molecule has 1 aliphatic carbocycles. The first kappa shape index (κ1) is 18.6. The van der Waals surface area contributed by atoms with Gasteiger partial charge in [-0.1, -0.05) is 24.4 Å². The van der Waals surface area contributed by atoms with Gasteiger partial charge < -0.3 is 15.4 Å². The van der Waals surface area contributed by atoms with Crippen LogP contribution < -0.4 is 15.4 Å². The van der Waals surface area contributed by atoms with Crippen molar-refractivity contribution in [2.24, 2.45) is 5.41 Å². The van der Waals surface area contributed by atoms with Crippen molar-refractivity contribution in [3.8, 4) is 5.75 Å². The number of hydrogen-bond donors (Lipinski definition) is 2. The minimum Gasteiger partial charge on any atom is -0.495 e. The fourth-order valence-electron chi connectivity index (χ4n) is 2.75. The number of carbonyl (C=O) groups is 2. The summed E-state index contributed by atoms with van der Waals surface area (Å²) in [5.74, 6) is -0.166. The highest BCUT2D eigenvalue weighted by Gasteiger charge is 2.37. The lowest BCUT2D eigenvalue weighted by molar-refractivity contribution is -0.138. The third kappa shape index (κ3) is 4.01. The summed E-state index contributed by atoms with van der Waals surface area (Å²) in [7, 11) is 1.51. The van der Waals surface area contributed by atoms with Crippen molar-refractivity contribution in [2.75, 3.05) is 12.4 Å². The van der Waals surface area contributed by atoms with E-state index >= 15 is 0 Å². The zero-order chi connectivity index (χ0) is 17.9. The lowest BCUT2D eigenvalue weighted by Crippen LogP contribution is -2.48. The summed E-state index contributed by atoms with van der Waals surface area (Å²) in [5, 5.41) is 6.33. The van der Waals surface area contributed by atoms with Crippen LogP contribution in [0.3, 0.4) is 0 Å². The molecule has 24 heavy (non-hydrogen) atoms. The number of hydrogen-bond acceptors (Lipinski definition) is 3. The Morgan fingerprint density at radius 2 is 1.83 bits per heavy atom. The summed E-state index contributed by atoms with van der Waals surface area (Å²) in [6, 6.07) is 3.57. The number of halogens is 1. The van der Waals surface area contributed by atoms with E-state index in [9.17, 15) is 9.59 Å². The smallest absolute Gasteiger partial charge is 0.239 e. The Bertz CT molecular complexity index is 637. The number of rotatable bonds is 5. The predicted octanol–water partition coefficient (Wildman–Crippen LogP) is 3.68. The second-order valence-electron chi connectivity index (χ2n) is 6.84. The summed E-state index contributed by atoms with van der Waals surface area (Å²) in [6.07, 6.45) is 4.21. The number of anilines is 1. The molecule has 0 aromatic heterocycles. The van der Waals surface area contributed by atoms with Gasteiger partial charge >= 0.3 is 0 Å². The Kier molecular flexibility index (Phi) is 5.75. The fraction of sp³-hybridized carbons (Fsp3) is 0.556. The van der Waals surface area contributed by atoms with Crippen molar-refractivity contribution in [3.05, 3.63) is 22.7 Å². The molecular formula is C18H25ClN2O3. The number of nitrogens with one attached hydrogen (secondary N) is 2. The molecule has 132 valence electrons. The summed E-state index contributed by atoms with van der Waals surface area (Å²) < 4.78 is 5.26. The first-order chi connectivity index (χ1) is 11.3. The van der Waals surface area contributed by atoms with Gasteiger partial charge in [-0.05, 0) is 45.2 Å². The molecule has 0 saturated heterocycles. The summed E-state index contributed by atoms with van der Waals surface area (Å²) in [4.78, 5) is 25.2. The number of benzene rings is 1. The zero-order valence-corrected chi connectivity index (χ0v) is 15.4. The minimum absolute atomic E-state index is 0.178. The Hall–Kier alpha value is -1.75. The number of carbonyl (C=O) groups excluding carboxylic acids is 2. The maximum absolute atomic E-state index is 12.7. The molecule has 6 heteroatoms. The summed E-state index contributed by atoms with van der Waals surface area (Å²) in [6.45, 7) is 5.10. The van der Waals surface area contributed by atoms with E-state index in [2.05, 4.69) is 10.6 Å². The molecule has 0 heterocycles. The normalized spacial score (nSPS) is 15.2. The molecule has 1 saturated carbocycles. The van der Waals surface area contributed by atoms with Crippen molar-refractivity contribution < 1.29 is 14.3 Å². The Morgan fingerprint density at radius 3 is 2.42 bits per heavy atom. The van der Waals surface area contributed by atoms with Crippen LogP contribution in [0.4, 0.5) is 5.69 Å². The van der Waals surface area contributed by atoms with E-state index in [4.69, 9.17) is 16.3 Å². The molecule has 0 atom stereocenters. The van der Waals surface area contributed by atoms with Crippen molar-refractivity contribution in [1.29, 1.82) is 0 Å². The highest BCUT2D eigenvalue weighted by atomic mass is 35.5. The van der Waals surface area contributed by atoms with Crippen LogP contribution in [0.1, 0.15) is 45.1 Å². The average molecular weight is 353 g/mol. The van der Waals surface area contributed by atoms with Gasteiger partial charge in [0.2, 0.25) is 11.8 Å². The molecule has 2 amide bonds. The third-order valence-corrected chi connectivity index (χ3v) is 4.96. The maximum Gasteiger partial charge on any atom is 0.239 e. The van der Waals surface area contributed by atoms with Gasteiger partial charge in [0, 0.05) is 17.1 Å². The molecule has 1 aromatic carbocycles. The molecule has 2 N–H and O–H groups in total. The van der Waals surface area contributed by atoms with Crippen molar-refractivity contribution in [1.82, 2.24) is 5.32 Å². The van der Waals surface area contributed by atoms with Gasteiger partial charge in [-0.3, -0.25) is 9.59 Å². The minimum atomic E-state index is -1.18. The molecule has 0 radical (unpaired) electrons. The standard InChI is InChI=1S/C18H25ClN2O3/c1-11-9-14(15(24-4)10-13(11)19)21-17(23)18(2,3)16(22)20-12-7-5-6-8-12/h9-10,12H,5-8H2,1-4H3,(H,20,22)(H,21,23). The first-order valence-electron chi connectivity index (χ1n) is 8.22. The van der Waals surface area contributed by atoms with Crippen molar-refractivity contribution in [3.63, 3.8) is 0 Å². The van der Waals surface area contributed by atoms with Gasteiger partial charge in [-0.2, -0.15) is 0 Å². The van der Waals surface area contributed by atoms with Gasteiger partial charge in [-0.15, -0.1) is 0 Å². The Morgan fingerprint density at radius 1 is 1.21 bits per heavy atom. The molecule has 2 rings (SSSR count). The molecule has 1 aliphatic rings. The second-order valence-corrected chi connectivity index (χ2v) is 7.24. The van der Waals surface area contributed by atoms with E-state index in [0.29, 0.717) is 16.5 Å². The van der Waals surface area contributed by atoms with Gasteiger partial charge in [0.15, 0.2) is 0 Å². The number of ether oxygens (including phenoxy) is 1. The SMILES string of the molecule is COc1cc(Cl)c(C)cc1NC(=O)C(C)(C)C(=O)NC1CCCC1. The molecule has 1 fully saturated rings. The maximum atomic E-state index is 12.7. The monoisotopic (exact) mass is 352 g/mol. The molecule has 0 spiro atoms. The number of amides is 2. The van der Waals surface area contributed by atoms with E-state index in [1.807, 2.05) is 6.92 Å². The zero-order valence-electron chi connectivity index (χ0n) is 14.7. The van der Waals surface area contributed by atoms with Gasteiger partial charge in [0.25, 0.3) is 0 Å². The van der Waals surface area contributed by atoms with Crippen molar-refractivity contribution in [2.45, 2.75) is 52.5 Å². The molecular weight excluding hydrogens is 328 g/mol. The lowest BCUT2D eigenvalue weighted by atomic mass is 9.90. The summed E-state index contributed by atoms with van der Waals surface area (Å²) in [5.41, 5.74) is 0.147. The second kappa shape index (κ2) is 7.43. The largest absolute Gasteiger partial charge is 0.495 e. The highest BCUT2D eigenvalue weighted by molar-refractivity contribution is 6.31. The summed E-state index contributed by atoms with van der Waals surface area (Å²) >= 11 is 6.08. The fourth-order valence-corrected chi connectivity index (χ4v) is 2.90.